The molecule has 3 rings (SSSR count). The maximum absolute atomic E-state index is 12.8. The van der Waals surface area contributed by atoms with Crippen molar-refractivity contribution in [3.63, 3.8) is 0 Å². The molecule has 0 radical (unpaired) electrons. The van der Waals surface area contributed by atoms with Crippen LogP contribution in [0.5, 0.6) is 0 Å². The van der Waals surface area contributed by atoms with E-state index in [1.807, 2.05) is 7.05 Å². The normalized spacial score (nSPS) is 17.5. The van der Waals surface area contributed by atoms with Gasteiger partial charge in [-0.3, -0.25) is 14.9 Å². The number of likely N-dealkylation sites (tertiary alicyclic amines) is 1. The highest BCUT2D eigenvalue weighted by molar-refractivity contribution is 7.14. The van der Waals surface area contributed by atoms with E-state index >= 15 is 0 Å². The first kappa shape index (κ1) is 20.3. The van der Waals surface area contributed by atoms with Crippen LogP contribution in [-0.2, 0) is 6.18 Å². The molecule has 28 heavy (non-hydrogen) atoms. The van der Waals surface area contributed by atoms with Crippen LogP contribution in [0.4, 0.5) is 18.3 Å². The molecule has 1 aromatic heterocycles. The molecule has 0 bridgehead atoms. The zero-order valence-corrected chi connectivity index (χ0v) is 16.1. The molecular formula is C18H19F3N4O2S. The lowest BCUT2D eigenvalue weighted by Crippen LogP contribution is -2.38. The summed E-state index contributed by atoms with van der Waals surface area (Å²) in [6, 6.07) is 4.23. The van der Waals surface area contributed by atoms with Gasteiger partial charge in [0.05, 0.1) is 5.56 Å². The Labute approximate surface area is 164 Å². The van der Waals surface area contributed by atoms with Gasteiger partial charge in [0, 0.05) is 30.6 Å². The molecule has 10 heteroatoms. The van der Waals surface area contributed by atoms with Crippen molar-refractivity contribution in [1.82, 2.24) is 14.8 Å². The third kappa shape index (κ3) is 4.50. The number of halogens is 3. The summed E-state index contributed by atoms with van der Waals surface area (Å²) >= 11 is 1.05. The lowest BCUT2D eigenvalue weighted by atomic mass is 10.1. The lowest BCUT2D eigenvalue weighted by Gasteiger charge is -2.23. The van der Waals surface area contributed by atoms with Gasteiger partial charge in [0.2, 0.25) is 0 Å². The second-order valence-electron chi connectivity index (χ2n) is 6.69. The predicted molar refractivity (Wildman–Crippen MR) is 99.5 cm³/mol. The highest BCUT2D eigenvalue weighted by Crippen LogP contribution is 2.29. The molecule has 0 spiro atoms. The monoisotopic (exact) mass is 412 g/mol. The van der Waals surface area contributed by atoms with Gasteiger partial charge in [-0.1, -0.05) is 6.07 Å². The number of rotatable bonds is 4. The van der Waals surface area contributed by atoms with Crippen LogP contribution in [-0.4, -0.2) is 59.8 Å². The first-order chi connectivity index (χ1) is 13.1. The van der Waals surface area contributed by atoms with E-state index in [0.717, 1.165) is 43.0 Å². The van der Waals surface area contributed by atoms with Gasteiger partial charge in [-0.05, 0) is 38.2 Å². The predicted octanol–water partition coefficient (Wildman–Crippen LogP) is 3.19. The van der Waals surface area contributed by atoms with Crippen molar-refractivity contribution in [3.05, 3.63) is 46.5 Å². The Hall–Kier alpha value is -2.46. The first-order valence-corrected chi connectivity index (χ1v) is 9.43. The van der Waals surface area contributed by atoms with Crippen molar-refractivity contribution in [2.45, 2.75) is 18.6 Å². The third-order valence-corrected chi connectivity index (χ3v) is 5.39. The van der Waals surface area contributed by atoms with Crippen molar-refractivity contribution in [1.29, 1.82) is 0 Å². The Morgan fingerprint density at radius 2 is 2.11 bits per heavy atom. The number of amides is 2. The SMILES string of the molecule is CN1CCC(N(C)C(=O)c2csc(NC(=O)c3cccc(C(F)(F)F)c3)n2)C1. The highest BCUT2D eigenvalue weighted by Gasteiger charge is 2.31. The van der Waals surface area contributed by atoms with E-state index in [1.165, 1.54) is 17.5 Å². The average molecular weight is 412 g/mol. The number of anilines is 1. The number of hydrogen-bond acceptors (Lipinski definition) is 5. The molecule has 2 amide bonds. The fraction of sp³-hybridized carbons (Fsp3) is 0.389. The topological polar surface area (TPSA) is 65.5 Å². The number of carbonyl (C=O) groups is 2. The summed E-state index contributed by atoms with van der Waals surface area (Å²) in [4.78, 5) is 32.7. The molecular weight excluding hydrogens is 393 g/mol. The summed E-state index contributed by atoms with van der Waals surface area (Å²) in [6.45, 7) is 1.70. The molecule has 1 saturated heterocycles. The van der Waals surface area contributed by atoms with Crippen molar-refractivity contribution >= 4 is 28.3 Å². The Kier molecular flexibility index (Phi) is 5.71. The molecule has 1 fully saturated rings. The zero-order chi connectivity index (χ0) is 20.5. The molecule has 2 aromatic rings. The van der Waals surface area contributed by atoms with Crippen molar-refractivity contribution in [3.8, 4) is 0 Å². The molecule has 150 valence electrons. The lowest BCUT2D eigenvalue weighted by molar-refractivity contribution is -0.137. The van der Waals surface area contributed by atoms with Crippen molar-refractivity contribution < 1.29 is 22.8 Å². The summed E-state index contributed by atoms with van der Waals surface area (Å²) in [6.07, 6.45) is -3.65. The Morgan fingerprint density at radius 1 is 1.36 bits per heavy atom. The standard InChI is InChI=1S/C18H19F3N4O2S/c1-24-7-6-13(9-24)25(2)16(27)14-10-28-17(22-14)23-15(26)11-4-3-5-12(8-11)18(19,20)21/h3-5,8,10,13H,6-7,9H2,1-2H3,(H,22,23,26). The van der Waals surface area contributed by atoms with E-state index in [1.54, 1.807) is 11.9 Å². The van der Waals surface area contributed by atoms with Crippen molar-refractivity contribution in [2.24, 2.45) is 0 Å². The van der Waals surface area contributed by atoms with Gasteiger partial charge in [0.15, 0.2) is 5.13 Å². The second kappa shape index (κ2) is 7.88. The number of alkyl halides is 3. The van der Waals surface area contributed by atoms with Crippen LogP contribution < -0.4 is 5.32 Å². The van der Waals surface area contributed by atoms with Gasteiger partial charge in [-0.25, -0.2) is 4.98 Å². The number of benzene rings is 1. The zero-order valence-electron chi connectivity index (χ0n) is 15.3. The molecule has 1 N–H and O–H groups in total. The number of nitrogens with zero attached hydrogens (tertiary/aromatic N) is 3. The quantitative estimate of drug-likeness (QED) is 0.838. The average Bonchev–Trinajstić information content (AvgIpc) is 3.29. The molecule has 0 saturated carbocycles. The summed E-state index contributed by atoms with van der Waals surface area (Å²) in [5.41, 5.74) is -0.844. The first-order valence-electron chi connectivity index (χ1n) is 8.55. The minimum Gasteiger partial charge on any atom is -0.336 e. The van der Waals surface area contributed by atoms with Crippen LogP contribution in [0.3, 0.4) is 0 Å². The number of aromatic nitrogens is 1. The fourth-order valence-electron chi connectivity index (χ4n) is 3.01. The van der Waals surface area contributed by atoms with E-state index in [4.69, 9.17) is 0 Å². The van der Waals surface area contributed by atoms with E-state index in [9.17, 15) is 22.8 Å². The van der Waals surface area contributed by atoms with Gasteiger partial charge in [-0.2, -0.15) is 13.2 Å². The molecule has 1 aliphatic heterocycles. The number of thiazole rings is 1. The molecule has 1 aliphatic rings. The molecule has 2 heterocycles. The van der Waals surface area contributed by atoms with E-state index in [2.05, 4.69) is 15.2 Å². The smallest absolute Gasteiger partial charge is 0.336 e. The number of nitrogens with one attached hydrogen (secondary N) is 1. The van der Waals surface area contributed by atoms with Crippen LogP contribution in [0.15, 0.2) is 29.6 Å². The molecule has 1 unspecified atom stereocenters. The van der Waals surface area contributed by atoms with Crippen LogP contribution in [0, 0.1) is 0 Å². The van der Waals surface area contributed by atoms with Gasteiger partial charge in [0.1, 0.15) is 5.69 Å². The summed E-state index contributed by atoms with van der Waals surface area (Å²) in [7, 11) is 3.70. The Bertz CT molecular complexity index is 884. The maximum atomic E-state index is 12.8. The number of likely N-dealkylation sites (N-methyl/N-ethyl adjacent to an activating group) is 2. The van der Waals surface area contributed by atoms with Crippen LogP contribution >= 0.6 is 11.3 Å². The Morgan fingerprint density at radius 3 is 2.75 bits per heavy atom. The molecule has 6 nitrogen and oxygen atoms in total. The summed E-state index contributed by atoms with van der Waals surface area (Å²) in [5, 5.41) is 4.13. The number of hydrogen-bond donors (Lipinski definition) is 1. The largest absolute Gasteiger partial charge is 0.416 e. The van der Waals surface area contributed by atoms with Gasteiger partial charge in [-0.15, -0.1) is 11.3 Å². The van der Waals surface area contributed by atoms with Crippen LogP contribution in [0.1, 0.15) is 32.8 Å². The highest BCUT2D eigenvalue weighted by atomic mass is 32.1. The fourth-order valence-corrected chi connectivity index (χ4v) is 3.69. The maximum Gasteiger partial charge on any atom is 0.416 e. The molecule has 1 atom stereocenters. The van der Waals surface area contributed by atoms with E-state index in [0.29, 0.717) is 0 Å². The van der Waals surface area contributed by atoms with Gasteiger partial charge >= 0.3 is 6.18 Å². The van der Waals surface area contributed by atoms with Gasteiger partial charge in [0.25, 0.3) is 11.8 Å². The van der Waals surface area contributed by atoms with E-state index in [-0.39, 0.29) is 28.3 Å². The van der Waals surface area contributed by atoms with Crippen LogP contribution in [0.2, 0.25) is 0 Å². The Balaban J connectivity index is 1.67. The molecule has 0 aliphatic carbocycles. The van der Waals surface area contributed by atoms with Gasteiger partial charge < -0.3 is 9.80 Å². The second-order valence-corrected chi connectivity index (χ2v) is 7.55. The number of carbonyl (C=O) groups excluding carboxylic acids is 2. The minimum absolute atomic E-state index is 0.0994. The minimum atomic E-state index is -4.53. The molecule has 1 aromatic carbocycles. The van der Waals surface area contributed by atoms with E-state index < -0.39 is 17.6 Å². The van der Waals surface area contributed by atoms with Crippen molar-refractivity contribution in [2.75, 3.05) is 32.5 Å². The summed E-state index contributed by atoms with van der Waals surface area (Å²) < 4.78 is 38.4. The summed E-state index contributed by atoms with van der Waals surface area (Å²) in [5.74, 6) is -0.971. The van der Waals surface area contributed by atoms with Crippen LogP contribution in [0.25, 0.3) is 0 Å². The third-order valence-electron chi connectivity index (χ3n) is 4.63.